The summed E-state index contributed by atoms with van der Waals surface area (Å²) in [4.78, 5) is 8.72. The van der Waals surface area contributed by atoms with E-state index < -0.39 is 0 Å². The average molecular weight is 366 g/mol. The second kappa shape index (κ2) is 8.07. The van der Waals surface area contributed by atoms with Gasteiger partial charge in [0.05, 0.1) is 17.8 Å². The number of hydrogen-bond donors (Lipinski definition) is 1. The van der Waals surface area contributed by atoms with E-state index in [1.165, 1.54) is 0 Å². The van der Waals surface area contributed by atoms with Gasteiger partial charge < -0.3 is 10.5 Å². The van der Waals surface area contributed by atoms with E-state index in [0.29, 0.717) is 11.6 Å². The molecule has 1 heterocycles. The first-order chi connectivity index (χ1) is 12.6. The smallest absolute Gasteiger partial charge is 0.221 e. The number of nitrogens with zero attached hydrogens (tertiary/aromatic N) is 2. The van der Waals surface area contributed by atoms with E-state index >= 15 is 0 Å². The Kier molecular flexibility index (Phi) is 5.60. The highest BCUT2D eigenvalue weighted by Gasteiger charge is 2.11. The fraction of sp³-hybridized carbons (Fsp3) is 0.238. The molecule has 26 heavy (non-hydrogen) atoms. The Labute approximate surface area is 158 Å². The van der Waals surface area contributed by atoms with Crippen molar-refractivity contribution in [1.82, 2.24) is 9.97 Å². The number of ether oxygens (including phenoxy) is 1. The van der Waals surface area contributed by atoms with Crippen LogP contribution < -0.4 is 10.5 Å². The summed E-state index contributed by atoms with van der Waals surface area (Å²) >= 11 is 6.16. The minimum atomic E-state index is 0.229. The third-order valence-corrected chi connectivity index (χ3v) is 4.34. The molecule has 132 valence electrons. The molecule has 0 atom stereocenters. The summed E-state index contributed by atoms with van der Waals surface area (Å²) in [5.74, 6) is 3.70. The topological polar surface area (TPSA) is 61.0 Å². The summed E-state index contributed by atoms with van der Waals surface area (Å²) in [6.45, 7) is 2.65. The van der Waals surface area contributed by atoms with Gasteiger partial charge in [-0.2, -0.15) is 0 Å². The molecule has 0 fully saturated rings. The van der Waals surface area contributed by atoms with E-state index in [2.05, 4.69) is 15.9 Å². The maximum absolute atomic E-state index is 6.16. The van der Waals surface area contributed by atoms with Crippen LogP contribution in [0.4, 0.5) is 5.95 Å². The summed E-state index contributed by atoms with van der Waals surface area (Å²) in [5.41, 5.74) is 9.37. The molecule has 0 saturated carbocycles. The van der Waals surface area contributed by atoms with Gasteiger partial charge in [0, 0.05) is 22.4 Å². The molecule has 3 aromatic rings. The first kappa shape index (κ1) is 18.0. The van der Waals surface area contributed by atoms with Gasteiger partial charge in [-0.15, -0.1) is 12.3 Å². The lowest BCUT2D eigenvalue weighted by Crippen LogP contribution is -2.01. The zero-order chi connectivity index (χ0) is 18.5. The van der Waals surface area contributed by atoms with Crippen molar-refractivity contribution in [2.24, 2.45) is 0 Å². The minimum Gasteiger partial charge on any atom is -0.493 e. The SMILES string of the molecule is C#CCCCCOc1cc(-c2nc(N)nc3ccc(Cl)cc23)ccc1C. The van der Waals surface area contributed by atoms with Crippen molar-refractivity contribution in [2.45, 2.75) is 26.2 Å². The molecule has 2 aromatic carbocycles. The zero-order valence-corrected chi connectivity index (χ0v) is 15.4. The van der Waals surface area contributed by atoms with Gasteiger partial charge >= 0.3 is 0 Å². The molecular formula is C21H20ClN3O. The molecule has 0 saturated heterocycles. The number of halogens is 1. The van der Waals surface area contributed by atoms with E-state index in [4.69, 9.17) is 28.5 Å². The number of unbranched alkanes of at least 4 members (excludes halogenated alkanes) is 2. The van der Waals surface area contributed by atoms with Crippen LogP contribution in [0.5, 0.6) is 5.75 Å². The van der Waals surface area contributed by atoms with Crippen LogP contribution in [-0.2, 0) is 0 Å². The molecule has 0 aliphatic carbocycles. The lowest BCUT2D eigenvalue weighted by Gasteiger charge is -2.12. The minimum absolute atomic E-state index is 0.229. The van der Waals surface area contributed by atoms with Crippen LogP contribution in [0, 0.1) is 19.3 Å². The Morgan fingerprint density at radius 3 is 2.81 bits per heavy atom. The Morgan fingerprint density at radius 1 is 1.15 bits per heavy atom. The van der Waals surface area contributed by atoms with Crippen LogP contribution in [0.2, 0.25) is 5.02 Å². The van der Waals surface area contributed by atoms with E-state index in [-0.39, 0.29) is 5.95 Å². The lowest BCUT2D eigenvalue weighted by atomic mass is 10.0. The van der Waals surface area contributed by atoms with E-state index in [1.807, 2.05) is 37.3 Å². The summed E-state index contributed by atoms with van der Waals surface area (Å²) in [5, 5.41) is 1.49. The monoisotopic (exact) mass is 365 g/mol. The van der Waals surface area contributed by atoms with Crippen LogP contribution >= 0.6 is 11.6 Å². The van der Waals surface area contributed by atoms with Gasteiger partial charge in [-0.1, -0.05) is 23.7 Å². The number of nitrogens with two attached hydrogens (primary N) is 1. The Balaban J connectivity index is 1.95. The highest BCUT2D eigenvalue weighted by Crippen LogP contribution is 2.32. The van der Waals surface area contributed by atoms with Crippen LogP contribution in [0.25, 0.3) is 22.2 Å². The summed E-state index contributed by atoms with van der Waals surface area (Å²) < 4.78 is 5.94. The molecule has 0 bridgehead atoms. The second-order valence-electron chi connectivity index (χ2n) is 6.08. The van der Waals surface area contributed by atoms with Gasteiger partial charge in [-0.25, -0.2) is 9.97 Å². The average Bonchev–Trinajstić information content (AvgIpc) is 2.63. The molecule has 5 heteroatoms. The Bertz CT molecular complexity index is 979. The fourth-order valence-electron chi connectivity index (χ4n) is 2.75. The summed E-state index contributed by atoms with van der Waals surface area (Å²) in [6, 6.07) is 11.5. The van der Waals surface area contributed by atoms with Crippen molar-refractivity contribution in [1.29, 1.82) is 0 Å². The van der Waals surface area contributed by atoms with Gasteiger partial charge in [0.15, 0.2) is 0 Å². The van der Waals surface area contributed by atoms with Crippen molar-refractivity contribution >= 4 is 28.5 Å². The first-order valence-corrected chi connectivity index (χ1v) is 8.86. The number of nitrogen functional groups attached to an aromatic ring is 1. The molecule has 4 nitrogen and oxygen atoms in total. The highest BCUT2D eigenvalue weighted by atomic mass is 35.5. The number of aromatic nitrogens is 2. The first-order valence-electron chi connectivity index (χ1n) is 8.48. The molecular weight excluding hydrogens is 346 g/mol. The number of hydrogen-bond acceptors (Lipinski definition) is 4. The van der Waals surface area contributed by atoms with E-state index in [1.54, 1.807) is 6.07 Å². The largest absolute Gasteiger partial charge is 0.493 e. The lowest BCUT2D eigenvalue weighted by molar-refractivity contribution is 0.306. The third-order valence-electron chi connectivity index (χ3n) is 4.11. The van der Waals surface area contributed by atoms with Gasteiger partial charge in [-0.3, -0.25) is 0 Å². The normalized spacial score (nSPS) is 10.7. The number of benzene rings is 2. The number of aryl methyl sites for hydroxylation is 1. The van der Waals surface area contributed by atoms with Crippen molar-refractivity contribution in [3.8, 4) is 29.4 Å². The molecule has 0 radical (unpaired) electrons. The molecule has 1 aromatic heterocycles. The van der Waals surface area contributed by atoms with E-state index in [9.17, 15) is 0 Å². The molecule has 0 spiro atoms. The Morgan fingerprint density at radius 2 is 2.00 bits per heavy atom. The van der Waals surface area contributed by atoms with Gasteiger partial charge in [0.1, 0.15) is 5.75 Å². The van der Waals surface area contributed by atoms with Crippen LogP contribution in [0.15, 0.2) is 36.4 Å². The number of rotatable bonds is 6. The molecule has 0 aliphatic rings. The van der Waals surface area contributed by atoms with Gasteiger partial charge in [0.2, 0.25) is 5.95 Å². The van der Waals surface area contributed by atoms with E-state index in [0.717, 1.165) is 52.7 Å². The van der Waals surface area contributed by atoms with Crippen molar-refractivity contribution in [3.05, 3.63) is 47.0 Å². The molecule has 2 N–H and O–H groups in total. The molecule has 3 rings (SSSR count). The predicted molar refractivity (Wildman–Crippen MR) is 107 cm³/mol. The second-order valence-corrected chi connectivity index (χ2v) is 6.52. The fourth-order valence-corrected chi connectivity index (χ4v) is 2.92. The summed E-state index contributed by atoms with van der Waals surface area (Å²) in [7, 11) is 0. The zero-order valence-electron chi connectivity index (χ0n) is 14.6. The van der Waals surface area contributed by atoms with Crippen LogP contribution in [0.3, 0.4) is 0 Å². The van der Waals surface area contributed by atoms with Gasteiger partial charge in [-0.05, 0) is 49.6 Å². The highest BCUT2D eigenvalue weighted by molar-refractivity contribution is 6.31. The molecule has 0 aliphatic heterocycles. The standard InChI is InChI=1S/C21H20ClN3O/c1-3-4-5-6-11-26-19-12-15(8-7-14(19)2)20-17-13-16(22)9-10-18(17)24-21(23)25-20/h1,7-10,12-13H,4-6,11H2,2H3,(H2,23,24,25). The number of terminal acetylenes is 1. The predicted octanol–water partition coefficient (Wildman–Crippen LogP) is 5.02. The van der Waals surface area contributed by atoms with Crippen LogP contribution in [-0.4, -0.2) is 16.6 Å². The van der Waals surface area contributed by atoms with Crippen molar-refractivity contribution in [2.75, 3.05) is 12.3 Å². The van der Waals surface area contributed by atoms with Gasteiger partial charge in [0.25, 0.3) is 0 Å². The third kappa shape index (κ3) is 4.07. The molecule has 0 unspecified atom stereocenters. The quantitative estimate of drug-likeness (QED) is 0.492. The molecule has 0 amide bonds. The number of fused-ring (bicyclic) bond motifs is 1. The maximum Gasteiger partial charge on any atom is 0.221 e. The van der Waals surface area contributed by atoms with Crippen molar-refractivity contribution in [3.63, 3.8) is 0 Å². The maximum atomic E-state index is 6.16. The van der Waals surface area contributed by atoms with Crippen molar-refractivity contribution < 1.29 is 4.74 Å². The number of anilines is 1. The van der Waals surface area contributed by atoms with Crippen LogP contribution in [0.1, 0.15) is 24.8 Å². The Hall–Kier alpha value is -2.77. The summed E-state index contributed by atoms with van der Waals surface area (Å²) in [6.07, 6.45) is 7.93.